The Bertz CT molecular complexity index is 727. The van der Waals surface area contributed by atoms with Crippen molar-refractivity contribution in [2.45, 2.75) is 39.0 Å². The Balaban J connectivity index is 1.63. The number of hydrogen-bond acceptors (Lipinski definition) is 4. The van der Waals surface area contributed by atoms with Crippen LogP contribution in [0, 0.1) is 12.7 Å². The summed E-state index contributed by atoms with van der Waals surface area (Å²) in [5.41, 5.74) is 1.94. The molecule has 0 fully saturated rings. The summed E-state index contributed by atoms with van der Waals surface area (Å²) in [6.07, 6.45) is 8.44. The average Bonchev–Trinajstić information content (AvgIpc) is 2.57. The third-order valence-electron chi connectivity index (χ3n) is 4.11. The van der Waals surface area contributed by atoms with E-state index in [1.54, 1.807) is 18.2 Å². The molecule has 0 atom stereocenters. The molecule has 0 unspecified atom stereocenters. The van der Waals surface area contributed by atoms with Crippen molar-refractivity contribution < 1.29 is 4.39 Å². The van der Waals surface area contributed by atoms with Gasteiger partial charge in [-0.2, -0.15) is 0 Å². The Morgan fingerprint density at radius 1 is 1.12 bits per heavy atom. The standard InChI is InChI=1S/C19H23FN4/c1-14-22-18(21-12-11-15-7-3-2-4-8-15)13-19(23-14)24-17-10-6-5-9-16(17)20/h5-7,9-10,13H,2-4,8,11-12H2,1H3,(H2,21,22,23,24). The molecule has 0 aliphatic heterocycles. The van der Waals surface area contributed by atoms with Gasteiger partial charge in [0.15, 0.2) is 0 Å². The van der Waals surface area contributed by atoms with Crippen molar-refractivity contribution in [2.75, 3.05) is 17.2 Å². The molecular formula is C19H23FN4. The molecule has 1 aromatic heterocycles. The molecule has 0 saturated carbocycles. The number of aromatic nitrogens is 2. The van der Waals surface area contributed by atoms with Crippen molar-refractivity contribution >= 4 is 17.3 Å². The minimum atomic E-state index is -0.299. The summed E-state index contributed by atoms with van der Waals surface area (Å²) in [5, 5.41) is 6.36. The fourth-order valence-corrected chi connectivity index (χ4v) is 2.91. The van der Waals surface area contributed by atoms with Gasteiger partial charge in [0.2, 0.25) is 0 Å². The molecule has 2 aromatic rings. The number of allylic oxidation sites excluding steroid dienone is 1. The van der Waals surface area contributed by atoms with Crippen LogP contribution >= 0.6 is 0 Å². The van der Waals surface area contributed by atoms with Crippen LogP contribution in [0.3, 0.4) is 0 Å². The third kappa shape index (κ3) is 4.54. The number of nitrogens with zero attached hydrogens (tertiary/aromatic N) is 2. The Morgan fingerprint density at radius 3 is 2.75 bits per heavy atom. The minimum absolute atomic E-state index is 0.299. The number of hydrogen-bond donors (Lipinski definition) is 2. The van der Waals surface area contributed by atoms with Crippen LogP contribution in [-0.2, 0) is 0 Å². The summed E-state index contributed by atoms with van der Waals surface area (Å²) >= 11 is 0. The zero-order valence-electron chi connectivity index (χ0n) is 14.0. The van der Waals surface area contributed by atoms with Gasteiger partial charge in [-0.1, -0.05) is 23.8 Å². The predicted octanol–water partition coefficient (Wildman–Crippen LogP) is 4.97. The van der Waals surface area contributed by atoms with Gasteiger partial charge in [-0.15, -0.1) is 0 Å². The molecule has 1 heterocycles. The van der Waals surface area contributed by atoms with E-state index in [0.717, 1.165) is 18.8 Å². The van der Waals surface area contributed by atoms with Gasteiger partial charge in [0, 0.05) is 12.6 Å². The normalized spacial score (nSPS) is 14.2. The average molecular weight is 326 g/mol. The highest BCUT2D eigenvalue weighted by Crippen LogP contribution is 2.22. The molecule has 5 heteroatoms. The van der Waals surface area contributed by atoms with Crippen molar-refractivity contribution in [1.82, 2.24) is 9.97 Å². The summed E-state index contributed by atoms with van der Waals surface area (Å²) in [5.74, 6) is 1.70. The van der Waals surface area contributed by atoms with E-state index in [9.17, 15) is 4.39 Å². The Kier molecular flexibility index (Phi) is 5.41. The number of para-hydroxylation sites is 1. The van der Waals surface area contributed by atoms with Crippen LogP contribution in [0.25, 0.3) is 0 Å². The van der Waals surface area contributed by atoms with E-state index in [1.165, 1.54) is 37.3 Å². The fraction of sp³-hybridized carbons (Fsp3) is 0.368. The number of benzene rings is 1. The summed E-state index contributed by atoms with van der Waals surface area (Å²) in [7, 11) is 0. The predicted molar refractivity (Wildman–Crippen MR) is 96.1 cm³/mol. The van der Waals surface area contributed by atoms with Crippen LogP contribution in [0.1, 0.15) is 37.9 Å². The van der Waals surface area contributed by atoms with Gasteiger partial charge < -0.3 is 10.6 Å². The summed E-state index contributed by atoms with van der Waals surface area (Å²) in [4.78, 5) is 8.73. The molecule has 1 aliphatic carbocycles. The second-order valence-corrected chi connectivity index (χ2v) is 6.08. The molecule has 24 heavy (non-hydrogen) atoms. The zero-order valence-corrected chi connectivity index (χ0v) is 14.0. The van der Waals surface area contributed by atoms with Gasteiger partial charge in [0.05, 0.1) is 5.69 Å². The Morgan fingerprint density at radius 2 is 1.96 bits per heavy atom. The molecular weight excluding hydrogens is 303 g/mol. The van der Waals surface area contributed by atoms with E-state index >= 15 is 0 Å². The SMILES string of the molecule is Cc1nc(NCCC2=CCCCC2)cc(Nc2ccccc2F)n1. The van der Waals surface area contributed by atoms with Crippen molar-refractivity contribution in [1.29, 1.82) is 0 Å². The minimum Gasteiger partial charge on any atom is -0.370 e. The second-order valence-electron chi connectivity index (χ2n) is 6.08. The first kappa shape index (κ1) is 16.4. The first-order valence-electron chi connectivity index (χ1n) is 8.50. The summed E-state index contributed by atoms with van der Waals surface area (Å²) < 4.78 is 13.8. The van der Waals surface area contributed by atoms with E-state index in [4.69, 9.17) is 0 Å². The van der Waals surface area contributed by atoms with Crippen LogP contribution in [0.2, 0.25) is 0 Å². The van der Waals surface area contributed by atoms with Crippen LogP contribution in [0.5, 0.6) is 0 Å². The highest BCUT2D eigenvalue weighted by molar-refractivity contribution is 5.59. The zero-order chi connectivity index (χ0) is 16.8. The molecule has 1 aromatic carbocycles. The first-order chi connectivity index (χ1) is 11.7. The van der Waals surface area contributed by atoms with Gasteiger partial charge in [-0.25, -0.2) is 14.4 Å². The van der Waals surface area contributed by atoms with Crippen LogP contribution < -0.4 is 10.6 Å². The van der Waals surface area contributed by atoms with E-state index in [-0.39, 0.29) is 5.82 Å². The highest BCUT2D eigenvalue weighted by atomic mass is 19.1. The quantitative estimate of drug-likeness (QED) is 0.736. The van der Waals surface area contributed by atoms with Crippen molar-refractivity contribution in [3.63, 3.8) is 0 Å². The highest BCUT2D eigenvalue weighted by Gasteiger charge is 2.07. The molecule has 0 amide bonds. The first-order valence-corrected chi connectivity index (χ1v) is 8.50. The number of rotatable bonds is 6. The number of aryl methyl sites for hydroxylation is 1. The molecule has 0 spiro atoms. The van der Waals surface area contributed by atoms with E-state index in [0.29, 0.717) is 17.3 Å². The van der Waals surface area contributed by atoms with Crippen molar-refractivity contribution in [3.8, 4) is 0 Å². The lowest BCUT2D eigenvalue weighted by molar-refractivity contribution is 0.632. The molecule has 3 rings (SSSR count). The van der Waals surface area contributed by atoms with Gasteiger partial charge in [0.1, 0.15) is 23.3 Å². The molecule has 1 aliphatic rings. The maximum absolute atomic E-state index is 13.8. The lowest BCUT2D eigenvalue weighted by Crippen LogP contribution is -2.08. The summed E-state index contributed by atoms with van der Waals surface area (Å²) in [6, 6.07) is 8.38. The smallest absolute Gasteiger partial charge is 0.146 e. The Hall–Kier alpha value is -2.43. The topological polar surface area (TPSA) is 49.8 Å². The molecule has 0 saturated heterocycles. The third-order valence-corrected chi connectivity index (χ3v) is 4.11. The molecule has 0 radical (unpaired) electrons. The van der Waals surface area contributed by atoms with Gasteiger partial charge >= 0.3 is 0 Å². The molecule has 4 nitrogen and oxygen atoms in total. The van der Waals surface area contributed by atoms with Gasteiger partial charge in [-0.05, 0) is 51.2 Å². The second kappa shape index (κ2) is 7.90. The lowest BCUT2D eigenvalue weighted by atomic mass is 9.97. The number of halogens is 1. The molecule has 126 valence electrons. The maximum atomic E-state index is 13.8. The van der Waals surface area contributed by atoms with Gasteiger partial charge in [0.25, 0.3) is 0 Å². The molecule has 0 bridgehead atoms. The molecule has 2 N–H and O–H groups in total. The van der Waals surface area contributed by atoms with E-state index in [1.807, 2.05) is 13.0 Å². The largest absolute Gasteiger partial charge is 0.370 e. The van der Waals surface area contributed by atoms with Crippen LogP contribution in [0.15, 0.2) is 42.0 Å². The lowest BCUT2D eigenvalue weighted by Gasteiger charge is -2.14. The Labute approximate surface area is 142 Å². The fourth-order valence-electron chi connectivity index (χ4n) is 2.91. The van der Waals surface area contributed by atoms with Gasteiger partial charge in [-0.3, -0.25) is 0 Å². The van der Waals surface area contributed by atoms with Crippen LogP contribution in [0.4, 0.5) is 21.7 Å². The summed E-state index contributed by atoms with van der Waals surface area (Å²) in [6.45, 7) is 2.68. The number of nitrogens with one attached hydrogen (secondary N) is 2. The van der Waals surface area contributed by atoms with Crippen molar-refractivity contribution in [2.24, 2.45) is 0 Å². The van der Waals surface area contributed by atoms with Crippen LogP contribution in [-0.4, -0.2) is 16.5 Å². The van der Waals surface area contributed by atoms with Crippen molar-refractivity contribution in [3.05, 3.63) is 53.6 Å². The van der Waals surface area contributed by atoms with E-state index in [2.05, 4.69) is 26.7 Å². The monoisotopic (exact) mass is 326 g/mol. The maximum Gasteiger partial charge on any atom is 0.146 e. The van der Waals surface area contributed by atoms with E-state index < -0.39 is 0 Å². The number of anilines is 3.